The number of hydrogen-bond acceptors (Lipinski definition) is 6. The number of anilines is 2. The first-order chi connectivity index (χ1) is 11.5. The van der Waals surface area contributed by atoms with Crippen molar-refractivity contribution < 1.29 is 9.53 Å². The highest BCUT2D eigenvalue weighted by atomic mass is 35.5. The summed E-state index contributed by atoms with van der Waals surface area (Å²) in [5, 5.41) is 4.18. The van der Waals surface area contributed by atoms with E-state index in [0.29, 0.717) is 22.1 Å². The van der Waals surface area contributed by atoms with Gasteiger partial charge in [0.25, 0.3) is 0 Å². The smallest absolute Gasteiger partial charge is 0.348 e. The number of carbonyl (C=O) groups excluding carboxylic acids is 1. The van der Waals surface area contributed by atoms with Crippen LogP contribution in [-0.2, 0) is 4.74 Å². The molecule has 0 bridgehead atoms. The molecule has 2 aromatic heterocycles. The topological polar surface area (TPSA) is 64.1 Å². The van der Waals surface area contributed by atoms with Gasteiger partial charge in [-0.25, -0.2) is 9.78 Å². The van der Waals surface area contributed by atoms with Crippen LogP contribution in [-0.4, -0.2) is 22.5 Å². The fourth-order valence-electron chi connectivity index (χ4n) is 2.37. The summed E-state index contributed by atoms with van der Waals surface area (Å²) < 4.78 is 5.11. The van der Waals surface area contributed by atoms with Gasteiger partial charge in [0.15, 0.2) is 0 Å². The molecule has 0 amide bonds. The molecule has 3 rings (SSSR count). The van der Waals surface area contributed by atoms with Gasteiger partial charge in [0, 0.05) is 5.69 Å². The summed E-state index contributed by atoms with van der Waals surface area (Å²) in [5.41, 5.74) is 2.85. The third-order valence-corrected chi connectivity index (χ3v) is 4.87. The van der Waals surface area contributed by atoms with E-state index in [1.165, 1.54) is 16.9 Å². The Bertz CT molecular complexity index is 906. The molecule has 124 valence electrons. The van der Waals surface area contributed by atoms with Gasteiger partial charge in [-0.1, -0.05) is 17.7 Å². The van der Waals surface area contributed by atoms with Gasteiger partial charge in [-0.2, -0.15) is 4.98 Å². The summed E-state index contributed by atoms with van der Waals surface area (Å²) in [6.45, 7) is 6.00. The standard InChI is InChI=1S/C17H16ClN3O2S/c1-4-23-16(22)13-10(3)12-14(20-17(18)21-15(12)24-13)19-11-7-5-9(2)6-8-11/h5-8H,4H2,1-3H3,(H,19,20,21). The minimum absolute atomic E-state index is 0.133. The van der Waals surface area contributed by atoms with Crippen molar-refractivity contribution in [3.8, 4) is 0 Å². The summed E-state index contributed by atoms with van der Waals surface area (Å²) in [6, 6.07) is 7.94. The number of nitrogens with zero attached hydrogens (tertiary/aromatic N) is 2. The Balaban J connectivity index is 2.09. The lowest BCUT2D eigenvalue weighted by molar-refractivity contribution is 0.0531. The highest BCUT2D eigenvalue weighted by Gasteiger charge is 2.21. The van der Waals surface area contributed by atoms with Crippen LogP contribution in [0.4, 0.5) is 11.5 Å². The molecule has 0 radical (unpaired) electrons. The minimum atomic E-state index is -0.351. The number of halogens is 1. The summed E-state index contributed by atoms with van der Waals surface area (Å²) in [4.78, 5) is 21.8. The Morgan fingerprint density at radius 1 is 1.25 bits per heavy atom. The lowest BCUT2D eigenvalue weighted by Crippen LogP contribution is -2.03. The second kappa shape index (κ2) is 6.75. The van der Waals surface area contributed by atoms with Crippen LogP contribution in [0.3, 0.4) is 0 Å². The van der Waals surface area contributed by atoms with Crippen LogP contribution in [0.25, 0.3) is 10.2 Å². The summed E-state index contributed by atoms with van der Waals surface area (Å²) in [5.74, 6) is 0.230. The van der Waals surface area contributed by atoms with E-state index in [0.717, 1.165) is 16.6 Å². The van der Waals surface area contributed by atoms with Gasteiger partial charge < -0.3 is 10.1 Å². The van der Waals surface area contributed by atoms with Crippen molar-refractivity contribution in [2.45, 2.75) is 20.8 Å². The van der Waals surface area contributed by atoms with Crippen molar-refractivity contribution in [3.05, 3.63) is 45.6 Å². The Kier molecular flexibility index (Phi) is 4.69. The molecule has 2 heterocycles. The molecule has 0 atom stereocenters. The molecular formula is C17H16ClN3O2S. The van der Waals surface area contributed by atoms with Gasteiger partial charge in [-0.15, -0.1) is 11.3 Å². The predicted octanol–water partition coefficient (Wildman–Crippen LogP) is 4.88. The first-order valence-corrected chi connectivity index (χ1v) is 8.66. The lowest BCUT2D eigenvalue weighted by atomic mass is 10.2. The Morgan fingerprint density at radius 3 is 2.62 bits per heavy atom. The van der Waals surface area contributed by atoms with E-state index in [-0.39, 0.29) is 11.3 Å². The maximum absolute atomic E-state index is 12.1. The molecule has 0 saturated carbocycles. The lowest BCUT2D eigenvalue weighted by Gasteiger charge is -2.08. The molecule has 0 aliphatic rings. The maximum atomic E-state index is 12.1. The minimum Gasteiger partial charge on any atom is -0.462 e. The second-order valence-corrected chi connectivity index (χ2v) is 6.63. The van der Waals surface area contributed by atoms with Gasteiger partial charge in [0.2, 0.25) is 5.28 Å². The van der Waals surface area contributed by atoms with Gasteiger partial charge >= 0.3 is 5.97 Å². The predicted molar refractivity (Wildman–Crippen MR) is 97.6 cm³/mol. The van der Waals surface area contributed by atoms with E-state index in [1.807, 2.05) is 38.1 Å². The number of aromatic nitrogens is 2. The van der Waals surface area contributed by atoms with Crippen molar-refractivity contribution >= 4 is 50.6 Å². The van der Waals surface area contributed by atoms with Crippen molar-refractivity contribution in [1.82, 2.24) is 9.97 Å². The van der Waals surface area contributed by atoms with Crippen LogP contribution >= 0.6 is 22.9 Å². The number of aryl methyl sites for hydroxylation is 2. The van der Waals surface area contributed by atoms with Crippen molar-refractivity contribution in [3.63, 3.8) is 0 Å². The molecule has 0 aliphatic carbocycles. The van der Waals surface area contributed by atoms with Crippen molar-refractivity contribution in [2.75, 3.05) is 11.9 Å². The summed E-state index contributed by atoms with van der Waals surface area (Å²) >= 11 is 7.31. The number of fused-ring (bicyclic) bond motifs is 1. The molecule has 0 spiro atoms. The molecule has 0 saturated heterocycles. The monoisotopic (exact) mass is 361 g/mol. The van der Waals surface area contributed by atoms with E-state index in [9.17, 15) is 4.79 Å². The van der Waals surface area contributed by atoms with Crippen LogP contribution < -0.4 is 5.32 Å². The molecule has 1 aromatic carbocycles. The summed E-state index contributed by atoms with van der Waals surface area (Å²) in [7, 11) is 0. The van der Waals surface area contributed by atoms with Gasteiger partial charge in [-0.3, -0.25) is 0 Å². The zero-order chi connectivity index (χ0) is 17.3. The molecule has 0 unspecified atom stereocenters. The van der Waals surface area contributed by atoms with E-state index in [1.54, 1.807) is 6.92 Å². The van der Waals surface area contributed by atoms with Crippen LogP contribution in [0, 0.1) is 13.8 Å². The number of carbonyl (C=O) groups is 1. The quantitative estimate of drug-likeness (QED) is 0.530. The fourth-order valence-corrected chi connectivity index (χ4v) is 3.66. The van der Waals surface area contributed by atoms with E-state index in [4.69, 9.17) is 16.3 Å². The van der Waals surface area contributed by atoms with Crippen LogP contribution in [0.2, 0.25) is 5.28 Å². The van der Waals surface area contributed by atoms with Gasteiger partial charge in [0.1, 0.15) is 15.5 Å². The molecule has 3 aromatic rings. The first-order valence-electron chi connectivity index (χ1n) is 7.47. The molecule has 0 aliphatic heterocycles. The number of rotatable bonds is 4. The number of nitrogens with one attached hydrogen (secondary N) is 1. The summed E-state index contributed by atoms with van der Waals surface area (Å²) in [6.07, 6.45) is 0. The van der Waals surface area contributed by atoms with Gasteiger partial charge in [-0.05, 0) is 50.1 Å². The maximum Gasteiger partial charge on any atom is 0.348 e. The Labute approximate surface area is 148 Å². The van der Waals surface area contributed by atoms with Gasteiger partial charge in [0.05, 0.1) is 12.0 Å². The zero-order valence-electron chi connectivity index (χ0n) is 13.5. The zero-order valence-corrected chi connectivity index (χ0v) is 15.1. The van der Waals surface area contributed by atoms with Crippen LogP contribution in [0.5, 0.6) is 0 Å². The van der Waals surface area contributed by atoms with Crippen molar-refractivity contribution in [1.29, 1.82) is 0 Å². The van der Waals surface area contributed by atoms with E-state index < -0.39 is 0 Å². The largest absolute Gasteiger partial charge is 0.462 e. The van der Waals surface area contributed by atoms with E-state index >= 15 is 0 Å². The number of esters is 1. The van der Waals surface area contributed by atoms with Crippen molar-refractivity contribution in [2.24, 2.45) is 0 Å². The fraction of sp³-hybridized carbons (Fsp3) is 0.235. The highest BCUT2D eigenvalue weighted by molar-refractivity contribution is 7.20. The normalized spacial score (nSPS) is 10.8. The third-order valence-electron chi connectivity index (χ3n) is 3.54. The highest BCUT2D eigenvalue weighted by Crippen LogP contribution is 2.36. The molecular weight excluding hydrogens is 346 g/mol. The molecule has 1 N–H and O–H groups in total. The SMILES string of the molecule is CCOC(=O)c1sc2nc(Cl)nc(Nc3ccc(C)cc3)c2c1C. The Hall–Kier alpha value is -2.18. The molecule has 7 heteroatoms. The first kappa shape index (κ1) is 16.7. The number of benzene rings is 1. The van der Waals surface area contributed by atoms with Crippen LogP contribution in [0.15, 0.2) is 24.3 Å². The average Bonchev–Trinajstić information content (AvgIpc) is 2.86. The molecule has 24 heavy (non-hydrogen) atoms. The number of hydrogen-bond donors (Lipinski definition) is 1. The second-order valence-electron chi connectivity index (χ2n) is 5.29. The number of ether oxygens (including phenoxy) is 1. The molecule has 5 nitrogen and oxygen atoms in total. The molecule has 0 fully saturated rings. The average molecular weight is 362 g/mol. The Morgan fingerprint density at radius 2 is 1.96 bits per heavy atom. The van der Waals surface area contributed by atoms with Crippen LogP contribution in [0.1, 0.15) is 27.7 Å². The van der Waals surface area contributed by atoms with E-state index in [2.05, 4.69) is 15.3 Å². The number of thiophene rings is 1. The third kappa shape index (κ3) is 3.20.